The second-order valence-corrected chi connectivity index (χ2v) is 2.67. The predicted molar refractivity (Wildman–Crippen MR) is 35.1 cm³/mol. The standard InChI is InChI=1S/C7H14O2/c1-6-3-4-9-7(5-6)8-2/h6-7H,3-5H2,1-2H3/t6-,7-/m1/s1. The van der Waals surface area contributed by atoms with Crippen molar-refractivity contribution < 1.29 is 9.47 Å². The van der Waals surface area contributed by atoms with E-state index in [1.165, 1.54) is 6.42 Å². The van der Waals surface area contributed by atoms with E-state index in [9.17, 15) is 0 Å². The van der Waals surface area contributed by atoms with Crippen molar-refractivity contribution in [2.45, 2.75) is 26.1 Å². The Morgan fingerprint density at radius 3 is 2.78 bits per heavy atom. The maximum absolute atomic E-state index is 5.28. The topological polar surface area (TPSA) is 18.5 Å². The molecule has 0 amide bonds. The molecule has 0 spiro atoms. The number of rotatable bonds is 1. The molecule has 1 aliphatic rings. The van der Waals surface area contributed by atoms with Crippen molar-refractivity contribution in [3.05, 3.63) is 0 Å². The van der Waals surface area contributed by atoms with Gasteiger partial charge in [0.1, 0.15) is 0 Å². The minimum Gasteiger partial charge on any atom is -0.356 e. The number of ether oxygens (including phenoxy) is 2. The molecule has 0 aromatic rings. The van der Waals surface area contributed by atoms with Crippen molar-refractivity contribution in [3.8, 4) is 0 Å². The summed E-state index contributed by atoms with van der Waals surface area (Å²) in [4.78, 5) is 0. The third-order valence-electron chi connectivity index (χ3n) is 1.77. The Kier molecular flexibility index (Phi) is 2.49. The molecule has 54 valence electrons. The highest BCUT2D eigenvalue weighted by Gasteiger charge is 2.17. The summed E-state index contributed by atoms with van der Waals surface area (Å²) in [6.45, 7) is 3.09. The van der Waals surface area contributed by atoms with Crippen molar-refractivity contribution in [2.24, 2.45) is 5.92 Å². The number of methoxy groups -OCH3 is 1. The van der Waals surface area contributed by atoms with Gasteiger partial charge in [0, 0.05) is 20.1 Å². The Morgan fingerprint density at radius 1 is 1.56 bits per heavy atom. The van der Waals surface area contributed by atoms with E-state index in [0.717, 1.165) is 18.9 Å². The maximum Gasteiger partial charge on any atom is 0.157 e. The highest BCUT2D eigenvalue weighted by atomic mass is 16.7. The van der Waals surface area contributed by atoms with Gasteiger partial charge < -0.3 is 9.47 Å². The van der Waals surface area contributed by atoms with E-state index in [1.54, 1.807) is 7.11 Å². The van der Waals surface area contributed by atoms with Gasteiger partial charge in [-0.1, -0.05) is 6.92 Å². The Labute approximate surface area is 56.2 Å². The first-order valence-electron chi connectivity index (χ1n) is 3.47. The molecular weight excluding hydrogens is 116 g/mol. The first-order chi connectivity index (χ1) is 4.33. The van der Waals surface area contributed by atoms with Crippen LogP contribution in [0.25, 0.3) is 0 Å². The van der Waals surface area contributed by atoms with Crippen molar-refractivity contribution in [1.29, 1.82) is 0 Å². The largest absolute Gasteiger partial charge is 0.356 e. The zero-order valence-corrected chi connectivity index (χ0v) is 6.09. The van der Waals surface area contributed by atoms with Crippen LogP contribution in [0.2, 0.25) is 0 Å². The van der Waals surface area contributed by atoms with E-state index in [4.69, 9.17) is 9.47 Å². The van der Waals surface area contributed by atoms with Crippen LogP contribution in [0.1, 0.15) is 19.8 Å². The van der Waals surface area contributed by atoms with Crippen molar-refractivity contribution in [1.82, 2.24) is 0 Å². The lowest BCUT2D eigenvalue weighted by Gasteiger charge is -2.25. The third kappa shape index (κ3) is 1.95. The molecule has 2 nitrogen and oxygen atoms in total. The molecule has 0 radical (unpaired) electrons. The quantitative estimate of drug-likeness (QED) is 0.534. The van der Waals surface area contributed by atoms with Crippen LogP contribution in [0.3, 0.4) is 0 Å². The summed E-state index contributed by atoms with van der Waals surface area (Å²) < 4.78 is 10.3. The summed E-state index contributed by atoms with van der Waals surface area (Å²) in [5.74, 6) is 0.767. The molecular formula is C7H14O2. The van der Waals surface area contributed by atoms with Gasteiger partial charge in [-0.05, 0) is 12.3 Å². The first-order valence-corrected chi connectivity index (χ1v) is 3.47. The van der Waals surface area contributed by atoms with E-state index < -0.39 is 0 Å². The second-order valence-electron chi connectivity index (χ2n) is 2.67. The second kappa shape index (κ2) is 3.18. The Bertz CT molecular complexity index is 83.0. The van der Waals surface area contributed by atoms with E-state index >= 15 is 0 Å². The van der Waals surface area contributed by atoms with Crippen LogP contribution >= 0.6 is 0 Å². The molecule has 0 aliphatic carbocycles. The lowest BCUT2D eigenvalue weighted by molar-refractivity contribution is -0.156. The fourth-order valence-corrected chi connectivity index (χ4v) is 1.08. The summed E-state index contributed by atoms with van der Waals surface area (Å²) in [5.41, 5.74) is 0. The normalized spacial score (nSPS) is 36.7. The van der Waals surface area contributed by atoms with Gasteiger partial charge in [0.15, 0.2) is 6.29 Å². The zero-order chi connectivity index (χ0) is 6.69. The fourth-order valence-electron chi connectivity index (χ4n) is 1.08. The Hall–Kier alpha value is -0.0800. The molecule has 0 aromatic carbocycles. The van der Waals surface area contributed by atoms with Gasteiger partial charge in [-0.2, -0.15) is 0 Å². The Balaban J connectivity index is 2.23. The molecule has 0 N–H and O–H groups in total. The van der Waals surface area contributed by atoms with Crippen LogP contribution in [0.15, 0.2) is 0 Å². The number of hydrogen-bond acceptors (Lipinski definition) is 2. The molecule has 0 bridgehead atoms. The molecule has 1 heterocycles. The van der Waals surface area contributed by atoms with E-state index in [-0.39, 0.29) is 6.29 Å². The van der Waals surface area contributed by atoms with Gasteiger partial charge in [0.05, 0.1) is 0 Å². The molecule has 2 heteroatoms. The minimum atomic E-state index is 0.0637. The molecule has 0 unspecified atom stereocenters. The summed E-state index contributed by atoms with van der Waals surface area (Å²) >= 11 is 0. The predicted octanol–water partition coefficient (Wildman–Crippen LogP) is 1.41. The van der Waals surface area contributed by atoms with Gasteiger partial charge in [0.2, 0.25) is 0 Å². The SMILES string of the molecule is CO[C@H]1C[C@H](C)CCO1. The summed E-state index contributed by atoms with van der Waals surface area (Å²) in [5, 5.41) is 0. The van der Waals surface area contributed by atoms with Crippen molar-refractivity contribution in [3.63, 3.8) is 0 Å². The highest BCUT2D eigenvalue weighted by molar-refractivity contribution is 4.60. The Morgan fingerprint density at radius 2 is 2.33 bits per heavy atom. The fraction of sp³-hybridized carbons (Fsp3) is 1.00. The van der Waals surface area contributed by atoms with Crippen molar-refractivity contribution >= 4 is 0 Å². The highest BCUT2D eigenvalue weighted by Crippen LogP contribution is 2.18. The smallest absolute Gasteiger partial charge is 0.157 e. The average Bonchev–Trinajstić information content (AvgIpc) is 1.88. The van der Waals surface area contributed by atoms with Gasteiger partial charge in [-0.25, -0.2) is 0 Å². The lowest BCUT2D eigenvalue weighted by Crippen LogP contribution is -2.25. The molecule has 0 aromatic heterocycles. The number of hydrogen-bond donors (Lipinski definition) is 0. The molecule has 1 saturated heterocycles. The first kappa shape index (κ1) is 7.03. The van der Waals surface area contributed by atoms with Crippen LogP contribution in [0, 0.1) is 5.92 Å². The van der Waals surface area contributed by atoms with E-state index in [1.807, 2.05) is 0 Å². The zero-order valence-electron chi connectivity index (χ0n) is 6.09. The lowest BCUT2D eigenvalue weighted by atomic mass is 10.0. The summed E-state index contributed by atoms with van der Waals surface area (Å²) in [6.07, 6.45) is 2.30. The molecule has 9 heavy (non-hydrogen) atoms. The van der Waals surface area contributed by atoms with Crippen LogP contribution in [0.4, 0.5) is 0 Å². The third-order valence-corrected chi connectivity index (χ3v) is 1.77. The van der Waals surface area contributed by atoms with Crippen LogP contribution in [-0.2, 0) is 9.47 Å². The van der Waals surface area contributed by atoms with Gasteiger partial charge in [-0.3, -0.25) is 0 Å². The summed E-state index contributed by atoms with van der Waals surface area (Å²) in [7, 11) is 1.70. The van der Waals surface area contributed by atoms with Gasteiger partial charge in [0.25, 0.3) is 0 Å². The monoisotopic (exact) mass is 130 g/mol. The molecule has 1 rings (SSSR count). The van der Waals surface area contributed by atoms with Gasteiger partial charge >= 0.3 is 0 Å². The van der Waals surface area contributed by atoms with Crippen LogP contribution in [0.5, 0.6) is 0 Å². The van der Waals surface area contributed by atoms with E-state index in [0.29, 0.717) is 0 Å². The molecule has 1 aliphatic heterocycles. The van der Waals surface area contributed by atoms with E-state index in [2.05, 4.69) is 6.92 Å². The minimum absolute atomic E-state index is 0.0637. The van der Waals surface area contributed by atoms with Crippen LogP contribution in [-0.4, -0.2) is 20.0 Å². The summed E-state index contributed by atoms with van der Waals surface area (Å²) in [6, 6.07) is 0. The molecule has 2 atom stereocenters. The van der Waals surface area contributed by atoms with Crippen molar-refractivity contribution in [2.75, 3.05) is 13.7 Å². The molecule has 1 fully saturated rings. The average molecular weight is 130 g/mol. The van der Waals surface area contributed by atoms with Crippen LogP contribution < -0.4 is 0 Å². The van der Waals surface area contributed by atoms with Gasteiger partial charge in [-0.15, -0.1) is 0 Å². The maximum atomic E-state index is 5.28. The molecule has 0 saturated carbocycles.